The molecule has 0 heterocycles. The topological polar surface area (TPSA) is 34.1 Å². The predicted octanol–water partition coefficient (Wildman–Crippen LogP) is 6.13. The van der Waals surface area contributed by atoms with Crippen LogP contribution in [0.25, 0.3) is 0 Å². The number of rotatable bonds is 8. The second-order valence-electron chi connectivity index (χ2n) is 7.42. The molecule has 0 saturated carbocycles. The van der Waals surface area contributed by atoms with Crippen LogP contribution in [0.5, 0.6) is 0 Å². The molecule has 0 saturated heterocycles. The Balaban J connectivity index is 2.93. The first-order valence-electron chi connectivity index (χ1n) is 8.91. The second-order valence-corrected chi connectivity index (χ2v) is 9.46. The first-order chi connectivity index (χ1) is 11.6. The van der Waals surface area contributed by atoms with Crippen LogP contribution >= 0.6 is 0 Å². The summed E-state index contributed by atoms with van der Waals surface area (Å²) in [6.07, 6.45) is 8.23. The summed E-state index contributed by atoms with van der Waals surface area (Å²) < 4.78 is 24.7. The highest BCUT2D eigenvalue weighted by molar-refractivity contribution is 7.91. The Bertz CT molecular complexity index is 744. The van der Waals surface area contributed by atoms with Gasteiger partial charge in [0, 0.05) is 0 Å². The number of benzene rings is 1. The zero-order chi connectivity index (χ0) is 19.1. The quantitative estimate of drug-likeness (QED) is 0.523. The van der Waals surface area contributed by atoms with Crippen LogP contribution in [-0.2, 0) is 9.84 Å². The second kappa shape index (κ2) is 9.19. The van der Waals surface area contributed by atoms with Crippen LogP contribution in [0.2, 0.25) is 0 Å². The van der Waals surface area contributed by atoms with E-state index in [1.54, 1.807) is 30.3 Å². The highest BCUT2D eigenvalue weighted by Crippen LogP contribution is 2.34. The normalized spacial score (nSPS) is 13.3. The third-order valence-corrected chi connectivity index (χ3v) is 5.98. The van der Waals surface area contributed by atoms with Gasteiger partial charge in [-0.2, -0.15) is 0 Å². The minimum absolute atomic E-state index is 0.0235. The lowest BCUT2D eigenvalue weighted by atomic mass is 9.78. The average molecular weight is 361 g/mol. The van der Waals surface area contributed by atoms with Crippen molar-refractivity contribution in [3.05, 3.63) is 65.3 Å². The van der Waals surface area contributed by atoms with Crippen LogP contribution in [0, 0.1) is 5.41 Å². The third-order valence-electron chi connectivity index (χ3n) is 4.38. The van der Waals surface area contributed by atoms with Gasteiger partial charge in [0.1, 0.15) is 0 Å². The maximum atomic E-state index is 12.3. The van der Waals surface area contributed by atoms with Gasteiger partial charge in [-0.05, 0) is 50.3 Å². The Morgan fingerprint density at radius 2 is 1.64 bits per heavy atom. The van der Waals surface area contributed by atoms with Crippen molar-refractivity contribution in [2.24, 2.45) is 5.41 Å². The van der Waals surface area contributed by atoms with Gasteiger partial charge in [0.15, 0.2) is 9.84 Å². The summed E-state index contributed by atoms with van der Waals surface area (Å²) in [5.41, 5.74) is 3.72. The summed E-state index contributed by atoms with van der Waals surface area (Å²) in [7, 11) is -3.27. The molecule has 0 bridgehead atoms. The van der Waals surface area contributed by atoms with E-state index >= 15 is 0 Å². The van der Waals surface area contributed by atoms with E-state index in [1.807, 2.05) is 19.1 Å². The third kappa shape index (κ3) is 6.66. The maximum absolute atomic E-state index is 12.3. The smallest absolute Gasteiger partial charge is 0.181 e. The molecule has 0 unspecified atom stereocenters. The van der Waals surface area contributed by atoms with Crippen molar-refractivity contribution in [2.75, 3.05) is 5.75 Å². The van der Waals surface area contributed by atoms with E-state index in [9.17, 15) is 8.42 Å². The monoisotopic (exact) mass is 360 g/mol. The van der Waals surface area contributed by atoms with Crippen LogP contribution in [0.3, 0.4) is 0 Å². The lowest BCUT2D eigenvalue weighted by Gasteiger charge is -2.27. The largest absolute Gasteiger partial charge is 0.223 e. The molecule has 0 aliphatic heterocycles. The summed E-state index contributed by atoms with van der Waals surface area (Å²) in [5.74, 6) is 0.0235. The minimum atomic E-state index is -3.27. The Morgan fingerprint density at radius 1 is 1.04 bits per heavy atom. The van der Waals surface area contributed by atoms with Crippen LogP contribution in [0.1, 0.15) is 54.4 Å². The van der Waals surface area contributed by atoms with Crippen molar-refractivity contribution in [2.45, 2.75) is 59.3 Å². The number of hydrogen-bond acceptors (Lipinski definition) is 2. The molecular weight excluding hydrogens is 328 g/mol. The first-order valence-corrected chi connectivity index (χ1v) is 10.6. The van der Waals surface area contributed by atoms with Crippen LogP contribution in [-0.4, -0.2) is 14.2 Å². The Labute approximate surface area is 154 Å². The molecule has 0 radical (unpaired) electrons. The number of allylic oxidation sites excluding steroid dienone is 5. The maximum Gasteiger partial charge on any atom is 0.181 e. The highest BCUT2D eigenvalue weighted by atomic mass is 32.2. The fourth-order valence-electron chi connectivity index (χ4n) is 3.08. The van der Waals surface area contributed by atoms with E-state index in [0.29, 0.717) is 4.90 Å². The zero-order valence-electron chi connectivity index (χ0n) is 16.5. The van der Waals surface area contributed by atoms with Crippen molar-refractivity contribution < 1.29 is 8.42 Å². The lowest BCUT2D eigenvalue weighted by Crippen LogP contribution is -2.14. The summed E-state index contributed by atoms with van der Waals surface area (Å²) >= 11 is 0. The van der Waals surface area contributed by atoms with E-state index in [4.69, 9.17) is 0 Å². The van der Waals surface area contributed by atoms with Crippen molar-refractivity contribution >= 4 is 9.84 Å². The van der Waals surface area contributed by atoms with Gasteiger partial charge in [0.05, 0.1) is 10.6 Å². The molecule has 1 aromatic rings. The van der Waals surface area contributed by atoms with Gasteiger partial charge in [0.25, 0.3) is 0 Å². The van der Waals surface area contributed by atoms with E-state index in [0.717, 1.165) is 18.4 Å². The molecule has 0 atom stereocenters. The van der Waals surface area contributed by atoms with Gasteiger partial charge < -0.3 is 0 Å². The Hall–Kier alpha value is -1.61. The van der Waals surface area contributed by atoms with E-state index in [1.165, 1.54) is 11.1 Å². The van der Waals surface area contributed by atoms with Gasteiger partial charge in [-0.1, -0.05) is 74.8 Å². The molecule has 0 aliphatic rings. The molecule has 0 aromatic heterocycles. The highest BCUT2D eigenvalue weighted by Gasteiger charge is 2.21. The van der Waals surface area contributed by atoms with E-state index < -0.39 is 9.84 Å². The Morgan fingerprint density at radius 3 is 2.16 bits per heavy atom. The van der Waals surface area contributed by atoms with Gasteiger partial charge in [-0.3, -0.25) is 0 Å². The molecule has 138 valence electrons. The van der Waals surface area contributed by atoms with Crippen LogP contribution in [0.15, 0.2) is 70.2 Å². The molecule has 25 heavy (non-hydrogen) atoms. The molecule has 0 spiro atoms. The Kier molecular flexibility index (Phi) is 7.88. The summed E-state index contributed by atoms with van der Waals surface area (Å²) in [6.45, 7) is 13.0. The summed E-state index contributed by atoms with van der Waals surface area (Å²) in [6, 6.07) is 8.61. The van der Waals surface area contributed by atoms with E-state index in [2.05, 4.69) is 40.7 Å². The molecule has 0 fully saturated rings. The van der Waals surface area contributed by atoms with Crippen molar-refractivity contribution in [1.82, 2.24) is 0 Å². The SMILES string of the molecule is CCCC(C)(C)C(/C=C/C(C)=C/CS(=O)(=O)c1ccccc1)=C(C)C. The van der Waals surface area contributed by atoms with Crippen molar-refractivity contribution in [3.63, 3.8) is 0 Å². The molecule has 0 N–H and O–H groups in total. The first kappa shape index (κ1) is 21.4. The molecule has 0 aliphatic carbocycles. The standard InChI is InChI=1S/C22H32O2S/c1-7-16-22(5,6)21(18(2)3)14-13-19(4)15-17-25(23,24)20-11-9-8-10-12-20/h8-15H,7,16-17H2,1-6H3/b14-13+,19-15+. The molecule has 0 amide bonds. The molecule has 1 rings (SSSR count). The van der Waals surface area contributed by atoms with E-state index in [-0.39, 0.29) is 11.2 Å². The summed E-state index contributed by atoms with van der Waals surface area (Å²) in [5, 5.41) is 0. The fraction of sp³-hybridized carbons (Fsp3) is 0.455. The number of sulfone groups is 1. The predicted molar refractivity (Wildman–Crippen MR) is 108 cm³/mol. The van der Waals surface area contributed by atoms with Crippen LogP contribution < -0.4 is 0 Å². The van der Waals surface area contributed by atoms with Gasteiger partial charge >= 0.3 is 0 Å². The summed E-state index contributed by atoms with van der Waals surface area (Å²) in [4.78, 5) is 0.372. The molecular formula is C22H32O2S. The van der Waals surface area contributed by atoms with Gasteiger partial charge in [-0.25, -0.2) is 8.42 Å². The van der Waals surface area contributed by atoms with Crippen molar-refractivity contribution in [1.29, 1.82) is 0 Å². The van der Waals surface area contributed by atoms with Gasteiger partial charge in [0.2, 0.25) is 0 Å². The fourth-order valence-corrected chi connectivity index (χ4v) is 4.32. The number of hydrogen-bond donors (Lipinski definition) is 0. The van der Waals surface area contributed by atoms with Crippen LogP contribution in [0.4, 0.5) is 0 Å². The molecule has 1 aromatic carbocycles. The van der Waals surface area contributed by atoms with Crippen molar-refractivity contribution in [3.8, 4) is 0 Å². The van der Waals surface area contributed by atoms with Gasteiger partial charge in [-0.15, -0.1) is 0 Å². The zero-order valence-corrected chi connectivity index (χ0v) is 17.3. The average Bonchev–Trinajstić information content (AvgIpc) is 2.53. The lowest BCUT2D eigenvalue weighted by molar-refractivity contribution is 0.408. The molecule has 2 nitrogen and oxygen atoms in total. The molecule has 3 heteroatoms. The minimum Gasteiger partial charge on any atom is -0.223 e.